The van der Waals surface area contributed by atoms with Gasteiger partial charge < -0.3 is 9.88 Å². The van der Waals surface area contributed by atoms with Gasteiger partial charge in [-0.2, -0.15) is 0 Å². The number of nitrogens with one attached hydrogen (secondary N) is 1. The quantitative estimate of drug-likeness (QED) is 0.522. The number of nitrogens with zero attached hydrogens (tertiary/aromatic N) is 2. The van der Waals surface area contributed by atoms with Gasteiger partial charge in [0.05, 0.1) is 11.0 Å². The Kier molecular flexibility index (Phi) is 5.52. The molecule has 0 fully saturated rings. The van der Waals surface area contributed by atoms with E-state index in [0.717, 1.165) is 30.1 Å². The highest BCUT2D eigenvalue weighted by Gasteiger charge is 2.11. The van der Waals surface area contributed by atoms with Crippen molar-refractivity contribution in [3.63, 3.8) is 0 Å². The van der Waals surface area contributed by atoms with E-state index in [-0.39, 0.29) is 0 Å². The first-order chi connectivity index (χ1) is 11.8. The summed E-state index contributed by atoms with van der Waals surface area (Å²) < 4.78 is 2.33. The van der Waals surface area contributed by atoms with E-state index >= 15 is 0 Å². The van der Waals surface area contributed by atoms with Crippen molar-refractivity contribution in [1.82, 2.24) is 9.55 Å². The Balaban J connectivity index is 1.91. The summed E-state index contributed by atoms with van der Waals surface area (Å²) in [4.78, 5) is 4.83. The highest BCUT2D eigenvalue weighted by Crippen LogP contribution is 2.25. The fourth-order valence-corrected chi connectivity index (χ4v) is 3.16. The number of rotatable bonds is 8. The summed E-state index contributed by atoms with van der Waals surface area (Å²) in [7, 11) is 0. The Morgan fingerprint density at radius 3 is 2.54 bits per heavy atom. The van der Waals surface area contributed by atoms with Crippen LogP contribution in [0.2, 0.25) is 0 Å². The van der Waals surface area contributed by atoms with Gasteiger partial charge in [-0.1, -0.05) is 63.4 Å². The van der Waals surface area contributed by atoms with Gasteiger partial charge >= 0.3 is 0 Å². The first-order valence-corrected chi connectivity index (χ1v) is 9.13. The molecular formula is C21H27N3. The van der Waals surface area contributed by atoms with Crippen LogP contribution in [0.1, 0.15) is 45.1 Å². The molecule has 0 unspecified atom stereocenters. The number of fused-ring (bicyclic) bond motifs is 1. The van der Waals surface area contributed by atoms with E-state index in [4.69, 9.17) is 4.98 Å². The number of anilines is 2. The number of hydrogen-bond acceptors (Lipinski definition) is 2. The van der Waals surface area contributed by atoms with Crippen LogP contribution in [0.5, 0.6) is 0 Å². The minimum atomic E-state index is 0.952. The molecule has 2 aromatic carbocycles. The van der Waals surface area contributed by atoms with Gasteiger partial charge in [-0.25, -0.2) is 4.98 Å². The van der Waals surface area contributed by atoms with E-state index in [9.17, 15) is 0 Å². The van der Waals surface area contributed by atoms with Crippen LogP contribution < -0.4 is 5.32 Å². The van der Waals surface area contributed by atoms with Crippen molar-refractivity contribution in [3.05, 3.63) is 54.1 Å². The second kappa shape index (κ2) is 8.00. The SMILES string of the molecule is CCCCCCn1c(Nc2ccccc2CC)nc2ccccc21. The Morgan fingerprint density at radius 1 is 0.917 bits per heavy atom. The predicted octanol–water partition coefficient (Wildman–Crippen LogP) is 5.92. The van der Waals surface area contributed by atoms with Crippen molar-refractivity contribution in [1.29, 1.82) is 0 Å². The zero-order valence-electron chi connectivity index (χ0n) is 14.8. The molecule has 1 aromatic heterocycles. The van der Waals surface area contributed by atoms with E-state index in [1.54, 1.807) is 0 Å². The average molecular weight is 321 g/mol. The zero-order chi connectivity index (χ0) is 16.8. The molecule has 0 aliphatic heterocycles. The van der Waals surface area contributed by atoms with Crippen LogP contribution in [0.4, 0.5) is 11.6 Å². The zero-order valence-corrected chi connectivity index (χ0v) is 14.8. The molecule has 126 valence electrons. The molecule has 3 aromatic rings. The fourth-order valence-electron chi connectivity index (χ4n) is 3.16. The smallest absolute Gasteiger partial charge is 0.208 e. The van der Waals surface area contributed by atoms with Crippen LogP contribution in [0, 0.1) is 0 Å². The van der Waals surface area contributed by atoms with Crippen molar-refractivity contribution < 1.29 is 0 Å². The lowest BCUT2D eigenvalue weighted by Gasteiger charge is -2.13. The van der Waals surface area contributed by atoms with Crippen LogP contribution in [-0.2, 0) is 13.0 Å². The summed E-state index contributed by atoms with van der Waals surface area (Å²) in [5.41, 5.74) is 4.75. The van der Waals surface area contributed by atoms with Gasteiger partial charge in [0.25, 0.3) is 0 Å². The van der Waals surface area contributed by atoms with E-state index in [1.807, 2.05) is 0 Å². The number of hydrogen-bond donors (Lipinski definition) is 1. The first kappa shape index (κ1) is 16.6. The van der Waals surface area contributed by atoms with E-state index < -0.39 is 0 Å². The molecule has 0 aliphatic carbocycles. The Morgan fingerprint density at radius 2 is 1.71 bits per heavy atom. The van der Waals surface area contributed by atoms with Crippen LogP contribution >= 0.6 is 0 Å². The lowest BCUT2D eigenvalue weighted by atomic mass is 10.1. The maximum Gasteiger partial charge on any atom is 0.208 e. The van der Waals surface area contributed by atoms with Gasteiger partial charge in [-0.05, 0) is 36.6 Å². The minimum absolute atomic E-state index is 0.952. The van der Waals surface area contributed by atoms with Crippen molar-refractivity contribution in [2.45, 2.75) is 52.5 Å². The maximum atomic E-state index is 4.83. The Hall–Kier alpha value is -2.29. The van der Waals surface area contributed by atoms with E-state index in [0.29, 0.717) is 0 Å². The van der Waals surface area contributed by atoms with Gasteiger partial charge in [-0.3, -0.25) is 0 Å². The number of imidazole rings is 1. The highest BCUT2D eigenvalue weighted by atomic mass is 15.2. The molecule has 1 heterocycles. The van der Waals surface area contributed by atoms with Crippen molar-refractivity contribution in [2.24, 2.45) is 0 Å². The molecule has 0 bridgehead atoms. The summed E-state index contributed by atoms with van der Waals surface area (Å²) in [6.07, 6.45) is 6.04. The minimum Gasteiger partial charge on any atom is -0.325 e. The number of unbranched alkanes of at least 4 members (excludes halogenated alkanes) is 3. The second-order valence-corrected chi connectivity index (χ2v) is 6.27. The maximum absolute atomic E-state index is 4.83. The largest absolute Gasteiger partial charge is 0.325 e. The van der Waals surface area contributed by atoms with Gasteiger partial charge in [0.1, 0.15) is 0 Å². The van der Waals surface area contributed by atoms with Gasteiger partial charge in [-0.15, -0.1) is 0 Å². The van der Waals surface area contributed by atoms with Crippen LogP contribution in [-0.4, -0.2) is 9.55 Å². The molecule has 0 aliphatic rings. The van der Waals surface area contributed by atoms with Crippen molar-refractivity contribution in [3.8, 4) is 0 Å². The molecule has 0 spiro atoms. The number of para-hydroxylation sites is 3. The third-order valence-corrected chi connectivity index (χ3v) is 4.53. The third-order valence-electron chi connectivity index (χ3n) is 4.53. The monoisotopic (exact) mass is 321 g/mol. The molecule has 24 heavy (non-hydrogen) atoms. The second-order valence-electron chi connectivity index (χ2n) is 6.27. The van der Waals surface area contributed by atoms with Gasteiger partial charge in [0.2, 0.25) is 5.95 Å². The normalized spacial score (nSPS) is 11.1. The first-order valence-electron chi connectivity index (χ1n) is 9.13. The van der Waals surface area contributed by atoms with Crippen molar-refractivity contribution >= 4 is 22.7 Å². The van der Waals surface area contributed by atoms with Crippen LogP contribution in [0.15, 0.2) is 48.5 Å². The molecule has 1 N–H and O–H groups in total. The number of aromatic nitrogens is 2. The summed E-state index contributed by atoms with van der Waals surface area (Å²) in [5, 5.41) is 3.57. The van der Waals surface area contributed by atoms with E-state index in [2.05, 4.69) is 72.3 Å². The molecule has 3 heteroatoms. The summed E-state index contributed by atoms with van der Waals surface area (Å²) in [5.74, 6) is 0.952. The van der Waals surface area contributed by atoms with Crippen LogP contribution in [0.25, 0.3) is 11.0 Å². The molecule has 3 nitrogen and oxygen atoms in total. The summed E-state index contributed by atoms with van der Waals surface area (Å²) >= 11 is 0. The number of benzene rings is 2. The summed E-state index contributed by atoms with van der Waals surface area (Å²) in [6, 6.07) is 16.9. The third kappa shape index (κ3) is 3.61. The molecular weight excluding hydrogens is 294 g/mol. The fraction of sp³-hybridized carbons (Fsp3) is 0.381. The Bertz CT molecular complexity index is 789. The van der Waals surface area contributed by atoms with E-state index in [1.165, 1.54) is 36.8 Å². The number of aryl methyl sites for hydroxylation is 2. The topological polar surface area (TPSA) is 29.9 Å². The van der Waals surface area contributed by atoms with Gasteiger partial charge in [0.15, 0.2) is 0 Å². The Labute approximate surface area is 144 Å². The van der Waals surface area contributed by atoms with Gasteiger partial charge in [0, 0.05) is 12.2 Å². The molecule has 0 amide bonds. The molecule has 0 saturated heterocycles. The lowest BCUT2D eigenvalue weighted by molar-refractivity contribution is 0.595. The predicted molar refractivity (Wildman–Crippen MR) is 103 cm³/mol. The lowest BCUT2D eigenvalue weighted by Crippen LogP contribution is -2.05. The molecule has 0 saturated carbocycles. The highest BCUT2D eigenvalue weighted by molar-refractivity contribution is 5.79. The molecule has 3 rings (SSSR count). The average Bonchev–Trinajstić information content (AvgIpc) is 2.96. The standard InChI is InChI=1S/C21H27N3/c1-3-5-6-11-16-24-20-15-10-9-14-19(20)23-21(24)22-18-13-8-7-12-17(18)4-2/h7-10,12-15H,3-6,11,16H2,1-2H3,(H,22,23). The van der Waals surface area contributed by atoms with Crippen LogP contribution in [0.3, 0.4) is 0 Å². The molecule has 0 radical (unpaired) electrons. The van der Waals surface area contributed by atoms with Crippen molar-refractivity contribution in [2.75, 3.05) is 5.32 Å². The summed E-state index contributed by atoms with van der Waals surface area (Å²) in [6.45, 7) is 5.45. The molecule has 0 atom stereocenters.